The molecule has 1 aliphatic heterocycles. The van der Waals surface area contributed by atoms with E-state index in [0.717, 1.165) is 31.5 Å². The summed E-state index contributed by atoms with van der Waals surface area (Å²) in [6, 6.07) is 8.67. The Kier molecular flexibility index (Phi) is 5.57. The summed E-state index contributed by atoms with van der Waals surface area (Å²) in [5.74, 6) is -0.115. The van der Waals surface area contributed by atoms with Crippen molar-refractivity contribution in [2.24, 2.45) is 5.73 Å². The lowest BCUT2D eigenvalue weighted by atomic mass is 10.2. The van der Waals surface area contributed by atoms with E-state index in [1.165, 1.54) is 0 Å². The van der Waals surface area contributed by atoms with Gasteiger partial charge < -0.3 is 20.7 Å². The highest BCUT2D eigenvalue weighted by Gasteiger charge is 2.23. The number of alkyl carbamates (subject to hydrolysis) is 1. The number of nitrogens with one attached hydrogen (secondary N) is 1. The second-order valence-electron chi connectivity index (χ2n) is 5.08. The molecular weight excluding hydrogens is 270 g/mol. The molecule has 21 heavy (non-hydrogen) atoms. The van der Waals surface area contributed by atoms with Gasteiger partial charge in [-0.15, -0.1) is 0 Å². The minimum absolute atomic E-state index is 0.0863. The number of hydrogen-bond donors (Lipinski definition) is 2. The molecule has 114 valence electrons. The van der Waals surface area contributed by atoms with Crippen LogP contribution in [0.3, 0.4) is 0 Å². The fraction of sp³-hybridized carbons (Fsp3) is 0.467. The molecule has 1 aromatic rings. The van der Waals surface area contributed by atoms with E-state index in [4.69, 9.17) is 10.5 Å². The highest BCUT2D eigenvalue weighted by Crippen LogP contribution is 2.08. The number of benzene rings is 1. The Morgan fingerprint density at radius 1 is 1.24 bits per heavy atom. The molecule has 0 aliphatic carbocycles. The first-order valence-electron chi connectivity index (χ1n) is 7.16. The largest absolute Gasteiger partial charge is 0.445 e. The summed E-state index contributed by atoms with van der Waals surface area (Å²) in [5, 5.41) is 2.52. The molecule has 2 amide bonds. The maximum Gasteiger partial charge on any atom is 0.407 e. The zero-order valence-electron chi connectivity index (χ0n) is 12.0. The molecule has 2 rings (SSSR count). The highest BCUT2D eigenvalue weighted by molar-refractivity contribution is 5.82. The maximum atomic E-state index is 11.9. The van der Waals surface area contributed by atoms with Crippen LogP contribution in [-0.4, -0.2) is 42.6 Å². The normalized spacial score (nSPS) is 15.6. The van der Waals surface area contributed by atoms with Gasteiger partial charge in [-0.1, -0.05) is 30.3 Å². The molecule has 0 saturated carbocycles. The van der Waals surface area contributed by atoms with E-state index < -0.39 is 12.1 Å². The Morgan fingerprint density at radius 2 is 1.90 bits per heavy atom. The monoisotopic (exact) mass is 291 g/mol. The third kappa shape index (κ3) is 4.75. The average molecular weight is 291 g/mol. The van der Waals surface area contributed by atoms with Gasteiger partial charge in [0.05, 0.1) is 0 Å². The van der Waals surface area contributed by atoms with Crippen molar-refractivity contribution < 1.29 is 14.3 Å². The minimum Gasteiger partial charge on any atom is -0.445 e. The number of likely N-dealkylation sites (tertiary alicyclic amines) is 1. The molecule has 1 saturated heterocycles. The maximum absolute atomic E-state index is 11.9. The highest BCUT2D eigenvalue weighted by atomic mass is 16.5. The van der Waals surface area contributed by atoms with Gasteiger partial charge in [0.1, 0.15) is 12.6 Å². The van der Waals surface area contributed by atoms with Gasteiger partial charge in [0.2, 0.25) is 5.91 Å². The van der Waals surface area contributed by atoms with Crippen LogP contribution in [0, 0.1) is 0 Å². The number of carbonyl (C=O) groups is 2. The summed E-state index contributed by atoms with van der Waals surface area (Å²) in [5.41, 5.74) is 6.70. The quantitative estimate of drug-likeness (QED) is 0.842. The number of nitrogens with zero attached hydrogens (tertiary/aromatic N) is 1. The van der Waals surface area contributed by atoms with Crippen molar-refractivity contribution in [3.63, 3.8) is 0 Å². The second kappa shape index (κ2) is 7.64. The molecule has 3 N–H and O–H groups in total. The van der Waals surface area contributed by atoms with Crippen LogP contribution in [0.1, 0.15) is 18.4 Å². The third-order valence-electron chi connectivity index (χ3n) is 3.41. The van der Waals surface area contributed by atoms with E-state index in [2.05, 4.69) is 5.32 Å². The molecule has 1 aliphatic rings. The summed E-state index contributed by atoms with van der Waals surface area (Å²) in [6.45, 7) is 1.79. The smallest absolute Gasteiger partial charge is 0.407 e. The van der Waals surface area contributed by atoms with Gasteiger partial charge in [0.15, 0.2) is 0 Å². The number of rotatable bonds is 5. The molecule has 0 unspecified atom stereocenters. The van der Waals surface area contributed by atoms with E-state index in [1.54, 1.807) is 4.90 Å². The van der Waals surface area contributed by atoms with Crippen molar-refractivity contribution in [1.82, 2.24) is 10.2 Å². The Morgan fingerprint density at radius 3 is 2.57 bits per heavy atom. The Hall–Kier alpha value is -2.08. The van der Waals surface area contributed by atoms with Crippen molar-refractivity contribution in [3.8, 4) is 0 Å². The number of carbonyl (C=O) groups excluding carboxylic acids is 2. The second-order valence-corrected chi connectivity index (χ2v) is 5.08. The van der Waals surface area contributed by atoms with Gasteiger partial charge in [-0.3, -0.25) is 4.79 Å². The van der Waals surface area contributed by atoms with Gasteiger partial charge >= 0.3 is 6.09 Å². The lowest BCUT2D eigenvalue weighted by Crippen LogP contribution is -2.48. The first-order chi connectivity index (χ1) is 10.2. The number of amides is 2. The van der Waals surface area contributed by atoms with Gasteiger partial charge in [-0.05, 0) is 18.4 Å². The van der Waals surface area contributed by atoms with Crippen LogP contribution in [-0.2, 0) is 16.1 Å². The fourth-order valence-corrected chi connectivity index (χ4v) is 2.23. The number of nitrogens with two attached hydrogens (primary N) is 1. The average Bonchev–Trinajstić information content (AvgIpc) is 3.05. The standard InChI is InChI=1S/C15H21N3O3/c16-13(14(19)18-8-4-5-9-18)10-17-15(20)21-11-12-6-2-1-3-7-12/h1-3,6-7,13H,4-5,8-11,16H2,(H,17,20)/t13-/m0/s1. The molecule has 1 aromatic carbocycles. The summed E-state index contributed by atoms with van der Waals surface area (Å²) in [7, 11) is 0. The van der Waals surface area contributed by atoms with E-state index in [1.807, 2.05) is 30.3 Å². The molecule has 1 fully saturated rings. The Bertz CT molecular complexity index is 472. The van der Waals surface area contributed by atoms with Gasteiger partial charge in [0.25, 0.3) is 0 Å². The fourth-order valence-electron chi connectivity index (χ4n) is 2.23. The van der Waals surface area contributed by atoms with Crippen molar-refractivity contribution in [2.45, 2.75) is 25.5 Å². The molecule has 1 heterocycles. The zero-order chi connectivity index (χ0) is 15.1. The van der Waals surface area contributed by atoms with Gasteiger partial charge in [-0.25, -0.2) is 4.79 Å². The van der Waals surface area contributed by atoms with Crippen LogP contribution in [0.15, 0.2) is 30.3 Å². The predicted octanol–water partition coefficient (Wildman–Crippen LogP) is 0.862. The molecular formula is C15H21N3O3. The first kappa shape index (κ1) is 15.3. The van der Waals surface area contributed by atoms with Crippen molar-refractivity contribution >= 4 is 12.0 Å². The SMILES string of the molecule is N[C@@H](CNC(=O)OCc1ccccc1)C(=O)N1CCCC1. The van der Waals surface area contributed by atoms with E-state index in [9.17, 15) is 9.59 Å². The van der Waals surface area contributed by atoms with Crippen LogP contribution in [0.2, 0.25) is 0 Å². The van der Waals surface area contributed by atoms with Crippen LogP contribution in [0.4, 0.5) is 4.79 Å². The minimum atomic E-state index is -0.715. The number of ether oxygens (including phenoxy) is 1. The first-order valence-corrected chi connectivity index (χ1v) is 7.16. The Balaban J connectivity index is 1.67. The number of hydrogen-bond acceptors (Lipinski definition) is 4. The summed E-state index contributed by atoms with van der Waals surface area (Å²) >= 11 is 0. The Labute approximate surface area is 124 Å². The topological polar surface area (TPSA) is 84.7 Å². The molecule has 0 radical (unpaired) electrons. The van der Waals surface area contributed by atoms with Crippen molar-refractivity contribution in [2.75, 3.05) is 19.6 Å². The van der Waals surface area contributed by atoms with E-state index >= 15 is 0 Å². The summed E-state index contributed by atoms with van der Waals surface area (Å²) in [6.07, 6.45) is 1.47. The van der Waals surface area contributed by atoms with Crippen molar-refractivity contribution in [3.05, 3.63) is 35.9 Å². The molecule has 0 bridgehead atoms. The summed E-state index contributed by atoms with van der Waals surface area (Å²) in [4.78, 5) is 25.2. The zero-order valence-corrected chi connectivity index (χ0v) is 12.0. The van der Waals surface area contributed by atoms with Crippen LogP contribution in [0.5, 0.6) is 0 Å². The van der Waals surface area contributed by atoms with Gasteiger partial charge in [-0.2, -0.15) is 0 Å². The lowest BCUT2D eigenvalue weighted by Gasteiger charge is -2.20. The van der Waals surface area contributed by atoms with Crippen molar-refractivity contribution in [1.29, 1.82) is 0 Å². The molecule has 0 aromatic heterocycles. The molecule has 6 heteroatoms. The van der Waals surface area contributed by atoms with Crippen LogP contribution < -0.4 is 11.1 Å². The third-order valence-corrected chi connectivity index (χ3v) is 3.41. The molecule has 0 spiro atoms. The van der Waals surface area contributed by atoms with Crippen LogP contribution >= 0.6 is 0 Å². The molecule has 1 atom stereocenters. The van der Waals surface area contributed by atoms with Gasteiger partial charge in [0, 0.05) is 19.6 Å². The lowest BCUT2D eigenvalue weighted by molar-refractivity contribution is -0.131. The predicted molar refractivity (Wildman–Crippen MR) is 78.4 cm³/mol. The summed E-state index contributed by atoms with van der Waals surface area (Å²) < 4.78 is 5.05. The van der Waals surface area contributed by atoms with E-state index in [0.29, 0.717) is 0 Å². The van der Waals surface area contributed by atoms with E-state index in [-0.39, 0.29) is 19.1 Å². The molecule has 6 nitrogen and oxygen atoms in total. The van der Waals surface area contributed by atoms with Crippen LogP contribution in [0.25, 0.3) is 0 Å².